The van der Waals surface area contributed by atoms with Crippen molar-refractivity contribution in [3.63, 3.8) is 0 Å². The van der Waals surface area contributed by atoms with Crippen LogP contribution in [0.5, 0.6) is 0 Å². The van der Waals surface area contributed by atoms with Crippen molar-refractivity contribution in [1.29, 1.82) is 0 Å². The van der Waals surface area contributed by atoms with E-state index in [0.29, 0.717) is 19.4 Å². The topological polar surface area (TPSA) is 55.8 Å². The molecule has 0 aromatic rings. The predicted octanol–water partition coefficient (Wildman–Crippen LogP) is 6.53. The minimum absolute atomic E-state index is 0.0203. The first-order chi connectivity index (χ1) is 14.9. The lowest BCUT2D eigenvalue weighted by Crippen LogP contribution is -2.22. The molecule has 0 N–H and O–H groups in total. The summed E-state index contributed by atoms with van der Waals surface area (Å²) in [4.78, 5) is 26.6. The predicted molar refractivity (Wildman–Crippen MR) is 129 cm³/mol. The SMILES string of the molecule is CCCCCCCCC(CCCCCC)C(=O)OCCC(C)OC(=O)CCCN(C)C. The van der Waals surface area contributed by atoms with Gasteiger partial charge in [-0.3, -0.25) is 9.59 Å². The van der Waals surface area contributed by atoms with Crippen LogP contribution in [0.4, 0.5) is 0 Å². The van der Waals surface area contributed by atoms with Crippen molar-refractivity contribution in [2.45, 2.75) is 123 Å². The summed E-state index contributed by atoms with van der Waals surface area (Å²) in [5.41, 5.74) is 0. The standard InChI is InChI=1S/C26H51NO4/c1-6-8-10-12-13-15-18-24(17-14-11-9-7-2)26(29)30-22-20-23(3)31-25(28)19-16-21-27(4)5/h23-24H,6-22H2,1-5H3. The summed E-state index contributed by atoms with van der Waals surface area (Å²) in [6.07, 6.45) is 15.6. The van der Waals surface area contributed by atoms with Crippen molar-refractivity contribution in [1.82, 2.24) is 4.90 Å². The Balaban J connectivity index is 4.19. The molecule has 0 heterocycles. The van der Waals surface area contributed by atoms with E-state index in [9.17, 15) is 9.59 Å². The summed E-state index contributed by atoms with van der Waals surface area (Å²) in [6, 6.07) is 0. The maximum Gasteiger partial charge on any atom is 0.308 e. The Bertz CT molecular complexity index is 439. The normalized spacial score (nSPS) is 13.2. The van der Waals surface area contributed by atoms with Crippen LogP contribution in [-0.2, 0) is 19.1 Å². The molecule has 5 heteroatoms. The minimum Gasteiger partial charge on any atom is -0.465 e. The maximum atomic E-state index is 12.6. The van der Waals surface area contributed by atoms with Crippen molar-refractivity contribution in [3.05, 3.63) is 0 Å². The van der Waals surface area contributed by atoms with Gasteiger partial charge in [0.1, 0.15) is 6.10 Å². The molecule has 0 amide bonds. The first kappa shape index (κ1) is 29.9. The number of unbranched alkanes of at least 4 members (excludes halogenated alkanes) is 8. The van der Waals surface area contributed by atoms with Gasteiger partial charge in [0.2, 0.25) is 0 Å². The van der Waals surface area contributed by atoms with Crippen LogP contribution in [0.25, 0.3) is 0 Å². The summed E-state index contributed by atoms with van der Waals surface area (Å²) in [5, 5.41) is 0. The molecule has 0 aliphatic heterocycles. The molecule has 2 atom stereocenters. The number of carbonyl (C=O) groups excluding carboxylic acids is 2. The summed E-state index contributed by atoms with van der Waals surface area (Å²) in [7, 11) is 3.98. The highest BCUT2D eigenvalue weighted by atomic mass is 16.6. The van der Waals surface area contributed by atoms with Crippen molar-refractivity contribution in [2.75, 3.05) is 27.2 Å². The third-order valence-corrected chi connectivity index (χ3v) is 5.73. The van der Waals surface area contributed by atoms with Gasteiger partial charge in [-0.1, -0.05) is 78.1 Å². The van der Waals surface area contributed by atoms with Gasteiger partial charge in [0.05, 0.1) is 12.5 Å². The molecule has 5 nitrogen and oxygen atoms in total. The number of carbonyl (C=O) groups is 2. The molecule has 0 aromatic carbocycles. The van der Waals surface area contributed by atoms with Gasteiger partial charge in [0, 0.05) is 12.8 Å². The van der Waals surface area contributed by atoms with Crippen LogP contribution >= 0.6 is 0 Å². The number of esters is 2. The molecular weight excluding hydrogens is 390 g/mol. The summed E-state index contributed by atoms with van der Waals surface area (Å²) in [5.74, 6) is -0.209. The van der Waals surface area contributed by atoms with E-state index in [-0.39, 0.29) is 24.0 Å². The van der Waals surface area contributed by atoms with E-state index in [1.165, 1.54) is 51.4 Å². The lowest BCUT2D eigenvalue weighted by atomic mass is 9.94. The first-order valence-corrected chi connectivity index (χ1v) is 12.9. The second-order valence-electron chi connectivity index (χ2n) is 9.27. The van der Waals surface area contributed by atoms with E-state index in [1.807, 2.05) is 21.0 Å². The Labute approximate surface area is 192 Å². The van der Waals surface area contributed by atoms with E-state index in [1.54, 1.807) is 0 Å². The molecule has 31 heavy (non-hydrogen) atoms. The molecule has 2 unspecified atom stereocenters. The summed E-state index contributed by atoms with van der Waals surface area (Å²) < 4.78 is 11.0. The Morgan fingerprint density at radius 1 is 0.774 bits per heavy atom. The molecule has 0 bridgehead atoms. The van der Waals surface area contributed by atoms with E-state index < -0.39 is 0 Å². The molecule has 0 spiro atoms. The van der Waals surface area contributed by atoms with E-state index in [2.05, 4.69) is 18.7 Å². The van der Waals surface area contributed by atoms with Gasteiger partial charge in [-0.25, -0.2) is 0 Å². The highest BCUT2D eigenvalue weighted by Gasteiger charge is 2.20. The van der Waals surface area contributed by atoms with Gasteiger partial charge in [0.15, 0.2) is 0 Å². The van der Waals surface area contributed by atoms with Crippen LogP contribution in [0.15, 0.2) is 0 Å². The Kier molecular flexibility index (Phi) is 20.0. The van der Waals surface area contributed by atoms with Crippen molar-refractivity contribution in [3.8, 4) is 0 Å². The quantitative estimate of drug-likeness (QED) is 0.150. The number of nitrogens with zero attached hydrogens (tertiary/aromatic N) is 1. The Hall–Kier alpha value is -1.10. The molecule has 0 aliphatic rings. The number of rotatable bonds is 21. The summed E-state index contributed by atoms with van der Waals surface area (Å²) in [6.45, 7) is 7.51. The lowest BCUT2D eigenvalue weighted by molar-refractivity contribution is -0.152. The third-order valence-electron chi connectivity index (χ3n) is 5.73. The molecule has 0 fully saturated rings. The number of ether oxygens (including phenoxy) is 2. The smallest absolute Gasteiger partial charge is 0.308 e. The van der Waals surface area contributed by atoms with Crippen LogP contribution in [0.2, 0.25) is 0 Å². The minimum atomic E-state index is -0.221. The van der Waals surface area contributed by atoms with Gasteiger partial charge in [-0.2, -0.15) is 0 Å². The van der Waals surface area contributed by atoms with Gasteiger partial charge in [-0.05, 0) is 46.8 Å². The van der Waals surface area contributed by atoms with Gasteiger partial charge < -0.3 is 14.4 Å². The first-order valence-electron chi connectivity index (χ1n) is 12.9. The zero-order valence-electron chi connectivity index (χ0n) is 21.3. The van der Waals surface area contributed by atoms with Gasteiger partial charge >= 0.3 is 11.9 Å². The Morgan fingerprint density at radius 2 is 1.32 bits per heavy atom. The van der Waals surface area contributed by atoms with Crippen LogP contribution in [0, 0.1) is 5.92 Å². The van der Waals surface area contributed by atoms with Gasteiger partial charge in [0.25, 0.3) is 0 Å². The van der Waals surface area contributed by atoms with Crippen LogP contribution in [0.1, 0.15) is 117 Å². The molecule has 0 rings (SSSR count). The Morgan fingerprint density at radius 3 is 1.90 bits per heavy atom. The largest absolute Gasteiger partial charge is 0.465 e. The monoisotopic (exact) mass is 441 g/mol. The fourth-order valence-corrected chi connectivity index (χ4v) is 3.69. The molecule has 0 saturated heterocycles. The summed E-state index contributed by atoms with van der Waals surface area (Å²) >= 11 is 0. The maximum absolute atomic E-state index is 12.6. The van der Waals surface area contributed by atoms with Crippen LogP contribution in [-0.4, -0.2) is 50.2 Å². The highest BCUT2D eigenvalue weighted by molar-refractivity contribution is 5.72. The number of hydrogen-bond donors (Lipinski definition) is 0. The molecule has 0 aliphatic carbocycles. The van der Waals surface area contributed by atoms with Crippen molar-refractivity contribution < 1.29 is 19.1 Å². The zero-order chi connectivity index (χ0) is 23.3. The molecule has 0 radical (unpaired) electrons. The average molecular weight is 442 g/mol. The zero-order valence-corrected chi connectivity index (χ0v) is 21.3. The lowest BCUT2D eigenvalue weighted by Gasteiger charge is -2.18. The van der Waals surface area contributed by atoms with E-state index >= 15 is 0 Å². The second kappa shape index (κ2) is 20.8. The van der Waals surface area contributed by atoms with Gasteiger partial charge in [-0.15, -0.1) is 0 Å². The van der Waals surface area contributed by atoms with E-state index in [4.69, 9.17) is 9.47 Å². The van der Waals surface area contributed by atoms with Crippen LogP contribution < -0.4 is 0 Å². The fourth-order valence-electron chi connectivity index (χ4n) is 3.69. The molecule has 0 saturated carbocycles. The molecule has 0 aromatic heterocycles. The van der Waals surface area contributed by atoms with Crippen molar-refractivity contribution >= 4 is 11.9 Å². The van der Waals surface area contributed by atoms with Crippen LogP contribution in [0.3, 0.4) is 0 Å². The highest BCUT2D eigenvalue weighted by Crippen LogP contribution is 2.20. The average Bonchev–Trinajstić information content (AvgIpc) is 2.71. The van der Waals surface area contributed by atoms with Crippen molar-refractivity contribution in [2.24, 2.45) is 5.92 Å². The number of hydrogen-bond acceptors (Lipinski definition) is 5. The second-order valence-corrected chi connectivity index (χ2v) is 9.27. The van der Waals surface area contributed by atoms with E-state index in [0.717, 1.165) is 38.6 Å². The fraction of sp³-hybridized carbons (Fsp3) is 0.923. The molecule has 184 valence electrons. The third kappa shape index (κ3) is 19.3. The molecular formula is C26H51NO4.